The van der Waals surface area contributed by atoms with Gasteiger partial charge in [0.15, 0.2) is 5.78 Å². The van der Waals surface area contributed by atoms with Crippen molar-refractivity contribution in [2.24, 2.45) is 0 Å². The number of nitrogens with one attached hydrogen (secondary N) is 2. The monoisotopic (exact) mass is 474 g/mol. The van der Waals surface area contributed by atoms with Gasteiger partial charge in [0.1, 0.15) is 5.82 Å². The smallest absolute Gasteiger partial charge is 0.255 e. The van der Waals surface area contributed by atoms with Crippen LogP contribution >= 0.6 is 0 Å². The fraction of sp³-hybridized carbons (Fsp3) is 0.100. The molecular weight excluding hydrogens is 448 g/mol. The molecule has 0 atom stereocenters. The molecule has 5 rings (SSSR count). The molecule has 0 aliphatic carbocycles. The standard InChI is InChI=1S/C30H26N4O2/c1-34(2)25-15-13-24(14-16-25)31-30(36)23-11-9-22(10-12-23)29-32-26-17-8-20(18-27(26)33-29)19-28(35)21-6-4-3-5-7-21/h3-18H,19H2,1-2H3,(H,31,36)(H,32,33). The Labute approximate surface area is 209 Å². The zero-order valence-corrected chi connectivity index (χ0v) is 20.2. The Bertz CT molecular complexity index is 1520. The Kier molecular flexibility index (Phi) is 6.33. The molecule has 36 heavy (non-hydrogen) atoms. The minimum absolute atomic E-state index is 0.0807. The van der Waals surface area contributed by atoms with Gasteiger partial charge in [-0.05, 0) is 54.1 Å². The van der Waals surface area contributed by atoms with Crippen LogP contribution in [0.3, 0.4) is 0 Å². The first-order chi connectivity index (χ1) is 17.5. The van der Waals surface area contributed by atoms with Crippen LogP contribution in [0.25, 0.3) is 22.4 Å². The molecule has 0 unspecified atom stereocenters. The molecule has 0 radical (unpaired) electrons. The van der Waals surface area contributed by atoms with Crippen molar-refractivity contribution in [2.75, 3.05) is 24.3 Å². The quantitative estimate of drug-likeness (QED) is 0.285. The predicted octanol–water partition coefficient (Wildman–Crippen LogP) is 5.97. The van der Waals surface area contributed by atoms with Crippen molar-refractivity contribution in [2.45, 2.75) is 6.42 Å². The van der Waals surface area contributed by atoms with Crippen molar-refractivity contribution in [1.82, 2.24) is 9.97 Å². The number of aromatic nitrogens is 2. The van der Waals surface area contributed by atoms with E-state index in [0.29, 0.717) is 23.4 Å². The summed E-state index contributed by atoms with van der Waals surface area (Å²) in [4.78, 5) is 35.3. The summed E-state index contributed by atoms with van der Waals surface area (Å²) in [6.07, 6.45) is 0.329. The fourth-order valence-corrected chi connectivity index (χ4v) is 4.04. The lowest BCUT2D eigenvalue weighted by Gasteiger charge is -2.13. The number of Topliss-reactive ketones (excluding diaryl/α,β-unsaturated/α-hetero) is 1. The number of amides is 1. The van der Waals surface area contributed by atoms with Crippen molar-refractivity contribution >= 4 is 34.1 Å². The second kappa shape index (κ2) is 9.88. The number of fused-ring (bicyclic) bond motifs is 1. The largest absolute Gasteiger partial charge is 0.378 e. The summed E-state index contributed by atoms with van der Waals surface area (Å²) in [5.41, 5.74) is 6.57. The highest BCUT2D eigenvalue weighted by molar-refractivity contribution is 6.04. The summed E-state index contributed by atoms with van der Waals surface area (Å²) < 4.78 is 0. The number of nitrogens with zero attached hydrogens (tertiary/aromatic N) is 2. The van der Waals surface area contributed by atoms with Gasteiger partial charge in [0.25, 0.3) is 5.91 Å². The molecule has 5 aromatic rings. The number of rotatable bonds is 7. The van der Waals surface area contributed by atoms with Crippen LogP contribution in [-0.4, -0.2) is 35.8 Å². The van der Waals surface area contributed by atoms with E-state index in [1.54, 1.807) is 12.1 Å². The maximum absolute atomic E-state index is 12.7. The van der Waals surface area contributed by atoms with Gasteiger partial charge in [-0.2, -0.15) is 0 Å². The van der Waals surface area contributed by atoms with E-state index >= 15 is 0 Å². The van der Waals surface area contributed by atoms with Crippen LogP contribution in [-0.2, 0) is 6.42 Å². The summed E-state index contributed by atoms with van der Waals surface area (Å²) >= 11 is 0. The Morgan fingerprint density at radius 2 is 1.56 bits per heavy atom. The average Bonchev–Trinajstić information content (AvgIpc) is 3.33. The highest BCUT2D eigenvalue weighted by atomic mass is 16.1. The number of aromatic amines is 1. The van der Waals surface area contributed by atoms with Crippen LogP contribution in [0, 0.1) is 0 Å². The molecule has 178 valence electrons. The third kappa shape index (κ3) is 5.03. The highest BCUT2D eigenvalue weighted by Crippen LogP contribution is 2.23. The van der Waals surface area contributed by atoms with Crippen LogP contribution in [0.1, 0.15) is 26.3 Å². The minimum Gasteiger partial charge on any atom is -0.378 e. The SMILES string of the molecule is CN(C)c1ccc(NC(=O)c2ccc(-c3nc4ccc(CC(=O)c5ccccc5)cc4[nH]3)cc2)cc1. The molecule has 6 heteroatoms. The number of carbonyl (C=O) groups excluding carboxylic acids is 2. The van der Waals surface area contributed by atoms with Crippen LogP contribution in [0.2, 0.25) is 0 Å². The van der Waals surface area contributed by atoms with E-state index in [9.17, 15) is 9.59 Å². The molecular formula is C30H26N4O2. The fourth-order valence-electron chi connectivity index (χ4n) is 4.04. The molecule has 0 spiro atoms. The number of hydrogen-bond donors (Lipinski definition) is 2. The van der Waals surface area contributed by atoms with Crippen LogP contribution in [0.4, 0.5) is 11.4 Å². The third-order valence-electron chi connectivity index (χ3n) is 6.07. The number of carbonyl (C=O) groups is 2. The maximum Gasteiger partial charge on any atom is 0.255 e. The number of imidazole rings is 1. The zero-order valence-electron chi connectivity index (χ0n) is 20.2. The van der Waals surface area contributed by atoms with Gasteiger partial charge in [-0.15, -0.1) is 0 Å². The van der Waals surface area contributed by atoms with Crippen molar-refractivity contribution in [3.63, 3.8) is 0 Å². The lowest BCUT2D eigenvalue weighted by molar-refractivity contribution is 0.0991. The molecule has 0 aliphatic heterocycles. The first kappa shape index (κ1) is 23.1. The summed E-state index contributed by atoms with van der Waals surface area (Å²) in [7, 11) is 3.95. The molecule has 0 saturated heterocycles. The number of H-pyrrole nitrogens is 1. The first-order valence-corrected chi connectivity index (χ1v) is 11.7. The second-order valence-electron chi connectivity index (χ2n) is 8.88. The van der Waals surface area contributed by atoms with Crippen molar-refractivity contribution in [3.8, 4) is 11.4 Å². The molecule has 4 aromatic carbocycles. The van der Waals surface area contributed by atoms with Crippen molar-refractivity contribution < 1.29 is 9.59 Å². The minimum atomic E-state index is -0.170. The van der Waals surface area contributed by atoms with E-state index in [4.69, 9.17) is 0 Å². The third-order valence-corrected chi connectivity index (χ3v) is 6.07. The van der Waals surface area contributed by atoms with E-state index in [0.717, 1.165) is 33.5 Å². The Morgan fingerprint density at radius 1 is 0.833 bits per heavy atom. The summed E-state index contributed by atoms with van der Waals surface area (Å²) in [5, 5.41) is 2.93. The van der Waals surface area contributed by atoms with E-state index < -0.39 is 0 Å². The first-order valence-electron chi connectivity index (χ1n) is 11.7. The molecule has 0 fully saturated rings. The topological polar surface area (TPSA) is 78.1 Å². The zero-order chi connectivity index (χ0) is 25.1. The Morgan fingerprint density at radius 3 is 2.25 bits per heavy atom. The summed E-state index contributed by atoms with van der Waals surface area (Å²) in [5.74, 6) is 0.622. The predicted molar refractivity (Wildman–Crippen MR) is 145 cm³/mol. The van der Waals surface area contributed by atoms with E-state index in [-0.39, 0.29) is 11.7 Å². The Hall–Kier alpha value is -4.71. The van der Waals surface area contributed by atoms with Crippen LogP contribution in [0.5, 0.6) is 0 Å². The average molecular weight is 475 g/mol. The lowest BCUT2D eigenvalue weighted by atomic mass is 10.0. The second-order valence-corrected chi connectivity index (χ2v) is 8.88. The summed E-state index contributed by atoms with van der Waals surface area (Å²) in [6.45, 7) is 0. The number of anilines is 2. The maximum atomic E-state index is 12.7. The van der Waals surface area contributed by atoms with Gasteiger partial charge in [-0.25, -0.2) is 4.98 Å². The lowest BCUT2D eigenvalue weighted by Crippen LogP contribution is -2.12. The molecule has 6 nitrogen and oxygen atoms in total. The number of hydrogen-bond acceptors (Lipinski definition) is 4. The van der Waals surface area contributed by atoms with Crippen LogP contribution in [0.15, 0.2) is 97.1 Å². The normalized spacial score (nSPS) is 10.8. The molecule has 2 N–H and O–H groups in total. The molecule has 0 aliphatic rings. The molecule has 0 bridgehead atoms. The molecule has 1 heterocycles. The molecule has 0 saturated carbocycles. The summed E-state index contributed by atoms with van der Waals surface area (Å²) in [6, 6.07) is 30.2. The highest BCUT2D eigenvalue weighted by Gasteiger charge is 2.11. The van der Waals surface area contributed by atoms with Gasteiger partial charge < -0.3 is 15.2 Å². The van der Waals surface area contributed by atoms with Gasteiger partial charge in [0, 0.05) is 48.6 Å². The molecule has 1 amide bonds. The number of ketones is 1. The van der Waals surface area contributed by atoms with Gasteiger partial charge in [0.2, 0.25) is 0 Å². The van der Waals surface area contributed by atoms with Crippen LogP contribution < -0.4 is 10.2 Å². The van der Waals surface area contributed by atoms with Gasteiger partial charge >= 0.3 is 0 Å². The van der Waals surface area contributed by atoms with E-state index in [2.05, 4.69) is 15.3 Å². The van der Waals surface area contributed by atoms with Gasteiger partial charge in [-0.1, -0.05) is 48.5 Å². The molecule has 1 aromatic heterocycles. The van der Waals surface area contributed by atoms with E-state index in [1.165, 1.54) is 0 Å². The van der Waals surface area contributed by atoms with Crippen molar-refractivity contribution in [1.29, 1.82) is 0 Å². The van der Waals surface area contributed by atoms with Crippen molar-refractivity contribution in [3.05, 3.63) is 114 Å². The van der Waals surface area contributed by atoms with Gasteiger partial charge in [0.05, 0.1) is 11.0 Å². The van der Waals surface area contributed by atoms with Gasteiger partial charge in [-0.3, -0.25) is 9.59 Å². The van der Waals surface area contributed by atoms with E-state index in [1.807, 2.05) is 104 Å². The number of benzene rings is 4. The Balaban J connectivity index is 1.29.